The summed E-state index contributed by atoms with van der Waals surface area (Å²) in [6, 6.07) is 13.6. The Balaban J connectivity index is 1.69. The van der Waals surface area contributed by atoms with Crippen LogP contribution < -0.4 is 14.4 Å². The molecule has 2 aromatic heterocycles. The van der Waals surface area contributed by atoms with Crippen LogP contribution in [0.2, 0.25) is 0 Å². The Labute approximate surface area is 263 Å². The molecule has 0 saturated carbocycles. The molecular formula is C36H49N3O5. The Morgan fingerprint density at radius 2 is 1.64 bits per heavy atom. The molecule has 8 heteroatoms. The lowest BCUT2D eigenvalue weighted by atomic mass is 9.82. The highest BCUT2D eigenvalue weighted by Gasteiger charge is 2.37. The molecule has 44 heavy (non-hydrogen) atoms. The van der Waals surface area contributed by atoms with Crippen LogP contribution in [0.4, 0.5) is 5.69 Å². The third kappa shape index (κ3) is 8.94. The first-order valence-corrected chi connectivity index (χ1v) is 15.7. The predicted molar refractivity (Wildman–Crippen MR) is 174 cm³/mol. The minimum absolute atomic E-state index is 0.138. The molecule has 0 unspecified atom stereocenters. The number of para-hydroxylation sites is 1. The fraction of sp³-hybridized carbons (Fsp3) is 0.528. The molecule has 0 bridgehead atoms. The van der Waals surface area contributed by atoms with Crippen molar-refractivity contribution in [1.82, 2.24) is 9.97 Å². The van der Waals surface area contributed by atoms with Gasteiger partial charge in [-0.3, -0.25) is 9.97 Å². The van der Waals surface area contributed by atoms with Gasteiger partial charge in [0.1, 0.15) is 24.2 Å². The molecule has 0 N–H and O–H groups in total. The van der Waals surface area contributed by atoms with E-state index in [0.717, 1.165) is 59.9 Å². The number of ether oxygens (including phenoxy) is 4. The van der Waals surface area contributed by atoms with Crippen molar-refractivity contribution in [3.63, 3.8) is 0 Å². The van der Waals surface area contributed by atoms with Crippen LogP contribution in [-0.2, 0) is 14.3 Å². The van der Waals surface area contributed by atoms with E-state index in [0.29, 0.717) is 12.4 Å². The number of carbonyl (C=O) groups excluding carboxylic acids is 1. The lowest BCUT2D eigenvalue weighted by Crippen LogP contribution is -2.39. The molecular weight excluding hydrogens is 554 g/mol. The zero-order valence-corrected chi connectivity index (χ0v) is 27.8. The first kappa shape index (κ1) is 33.2. The number of esters is 1. The lowest BCUT2D eigenvalue weighted by Gasteiger charge is -2.41. The second-order valence-corrected chi connectivity index (χ2v) is 13.7. The third-order valence-electron chi connectivity index (χ3n) is 7.60. The van der Waals surface area contributed by atoms with Gasteiger partial charge in [-0.15, -0.1) is 0 Å². The highest BCUT2D eigenvalue weighted by atomic mass is 16.6. The summed E-state index contributed by atoms with van der Waals surface area (Å²) in [6.07, 6.45) is 4.28. The summed E-state index contributed by atoms with van der Waals surface area (Å²) < 4.78 is 24.1. The SMILES string of the molecule is Cc1ncc(-c2ccc(OC[C@H](C)Oc3ccccc3)cn2)c(N2CCC(C)(C)CC2)c1[C@H](OC(C)(C)C)C(=O)OC(C)C. The van der Waals surface area contributed by atoms with E-state index in [1.54, 1.807) is 6.20 Å². The molecule has 0 aliphatic carbocycles. The van der Waals surface area contributed by atoms with Crippen LogP contribution in [0.25, 0.3) is 11.3 Å². The summed E-state index contributed by atoms with van der Waals surface area (Å²) in [5, 5.41) is 0. The normalized spacial score (nSPS) is 16.4. The molecule has 1 fully saturated rings. The Morgan fingerprint density at radius 1 is 0.955 bits per heavy atom. The molecule has 3 aromatic rings. The molecule has 1 aliphatic rings. The second-order valence-electron chi connectivity index (χ2n) is 13.7. The zero-order valence-electron chi connectivity index (χ0n) is 27.8. The van der Waals surface area contributed by atoms with Crippen LogP contribution in [0.5, 0.6) is 11.5 Å². The molecule has 2 atom stereocenters. The maximum Gasteiger partial charge on any atom is 0.340 e. The van der Waals surface area contributed by atoms with Crippen molar-refractivity contribution in [2.45, 2.75) is 99.1 Å². The Bertz CT molecular complexity index is 1370. The van der Waals surface area contributed by atoms with E-state index in [-0.39, 0.29) is 17.6 Å². The number of nitrogens with zero attached hydrogens (tertiary/aromatic N) is 3. The van der Waals surface area contributed by atoms with Crippen molar-refractivity contribution < 1.29 is 23.7 Å². The molecule has 1 aliphatic heterocycles. The maximum absolute atomic E-state index is 13.6. The molecule has 1 saturated heterocycles. The minimum Gasteiger partial charge on any atom is -0.488 e. The van der Waals surface area contributed by atoms with Crippen LogP contribution in [0, 0.1) is 12.3 Å². The van der Waals surface area contributed by atoms with E-state index in [4.69, 9.17) is 28.9 Å². The molecule has 8 nitrogen and oxygen atoms in total. The first-order chi connectivity index (χ1) is 20.7. The van der Waals surface area contributed by atoms with E-state index in [9.17, 15) is 4.79 Å². The molecule has 0 spiro atoms. The summed E-state index contributed by atoms with van der Waals surface area (Å²) in [5.74, 6) is 1.03. The second kappa shape index (κ2) is 14.0. The van der Waals surface area contributed by atoms with Gasteiger partial charge in [0.2, 0.25) is 0 Å². The van der Waals surface area contributed by atoms with Gasteiger partial charge in [0.25, 0.3) is 0 Å². The van der Waals surface area contributed by atoms with Crippen LogP contribution in [0.1, 0.15) is 85.6 Å². The number of benzene rings is 1. The van der Waals surface area contributed by atoms with E-state index >= 15 is 0 Å². The van der Waals surface area contributed by atoms with Crippen LogP contribution in [0.3, 0.4) is 0 Å². The Morgan fingerprint density at radius 3 is 2.23 bits per heavy atom. The van der Waals surface area contributed by atoms with Crippen molar-refractivity contribution >= 4 is 11.7 Å². The Hall–Kier alpha value is -3.65. The number of piperidine rings is 1. The van der Waals surface area contributed by atoms with E-state index in [2.05, 4.69) is 18.7 Å². The topological polar surface area (TPSA) is 83.0 Å². The summed E-state index contributed by atoms with van der Waals surface area (Å²) in [5.41, 5.74) is 3.63. The smallest absolute Gasteiger partial charge is 0.340 e. The van der Waals surface area contributed by atoms with Gasteiger partial charge in [0, 0.05) is 36.1 Å². The van der Waals surface area contributed by atoms with Gasteiger partial charge in [0.05, 0.1) is 29.3 Å². The number of aryl methyl sites for hydroxylation is 1. The molecule has 1 aromatic carbocycles. The van der Waals surface area contributed by atoms with Crippen molar-refractivity contribution in [1.29, 1.82) is 0 Å². The summed E-state index contributed by atoms with van der Waals surface area (Å²) in [7, 11) is 0. The van der Waals surface area contributed by atoms with Crippen molar-refractivity contribution in [3.05, 3.63) is 66.1 Å². The van der Waals surface area contributed by atoms with Gasteiger partial charge < -0.3 is 23.8 Å². The fourth-order valence-corrected chi connectivity index (χ4v) is 5.26. The number of aromatic nitrogens is 2. The number of pyridine rings is 2. The van der Waals surface area contributed by atoms with Gasteiger partial charge in [-0.05, 0) is 91.0 Å². The zero-order chi connectivity index (χ0) is 32.1. The highest BCUT2D eigenvalue weighted by molar-refractivity contribution is 5.86. The summed E-state index contributed by atoms with van der Waals surface area (Å²) in [6.45, 7) is 20.1. The number of anilines is 1. The van der Waals surface area contributed by atoms with Crippen molar-refractivity contribution in [3.8, 4) is 22.8 Å². The number of hydrogen-bond donors (Lipinski definition) is 0. The monoisotopic (exact) mass is 603 g/mol. The number of carbonyl (C=O) groups is 1. The average Bonchev–Trinajstić information content (AvgIpc) is 2.95. The van der Waals surface area contributed by atoms with Crippen LogP contribution in [0.15, 0.2) is 54.9 Å². The fourth-order valence-electron chi connectivity index (χ4n) is 5.26. The quantitative estimate of drug-likeness (QED) is 0.206. The molecule has 4 rings (SSSR count). The maximum atomic E-state index is 13.6. The number of rotatable bonds is 11. The van der Waals surface area contributed by atoms with Gasteiger partial charge in [-0.1, -0.05) is 32.0 Å². The predicted octanol–water partition coefficient (Wildman–Crippen LogP) is 7.73. The van der Waals surface area contributed by atoms with E-state index in [1.165, 1.54) is 0 Å². The summed E-state index contributed by atoms with van der Waals surface area (Å²) in [4.78, 5) is 25.6. The summed E-state index contributed by atoms with van der Waals surface area (Å²) >= 11 is 0. The average molecular weight is 604 g/mol. The van der Waals surface area contributed by atoms with Crippen LogP contribution in [-0.4, -0.2) is 53.4 Å². The van der Waals surface area contributed by atoms with E-state index < -0.39 is 17.7 Å². The Kier molecular flexibility index (Phi) is 10.6. The van der Waals surface area contributed by atoms with Crippen LogP contribution >= 0.6 is 0 Å². The molecule has 3 heterocycles. The minimum atomic E-state index is -0.941. The highest BCUT2D eigenvalue weighted by Crippen LogP contribution is 2.43. The van der Waals surface area contributed by atoms with Crippen molar-refractivity contribution in [2.75, 3.05) is 24.6 Å². The molecule has 238 valence electrons. The molecule has 0 radical (unpaired) electrons. The standard InChI is InChI=1S/C36H49N3O5/c1-24(2)42-34(40)33(44-35(5,6)7)31-26(4)37-22-29(32(31)39-19-17-36(8,9)18-20-39)30-16-15-28(21-38-30)41-23-25(3)43-27-13-11-10-12-14-27/h10-16,21-22,24-25,33H,17-20,23H2,1-9H3/t25-,33-/m0/s1. The first-order valence-electron chi connectivity index (χ1n) is 15.7. The van der Waals surface area contributed by atoms with Crippen molar-refractivity contribution in [2.24, 2.45) is 5.41 Å². The van der Waals surface area contributed by atoms with Gasteiger partial charge in [-0.2, -0.15) is 0 Å². The van der Waals surface area contributed by atoms with Gasteiger partial charge in [-0.25, -0.2) is 4.79 Å². The third-order valence-corrected chi connectivity index (χ3v) is 7.60. The largest absolute Gasteiger partial charge is 0.488 e. The lowest BCUT2D eigenvalue weighted by molar-refractivity contribution is -0.171. The molecule has 0 amide bonds. The van der Waals surface area contributed by atoms with Gasteiger partial charge >= 0.3 is 5.97 Å². The van der Waals surface area contributed by atoms with Gasteiger partial charge in [0.15, 0.2) is 6.10 Å². The number of hydrogen-bond acceptors (Lipinski definition) is 8. The van der Waals surface area contributed by atoms with E-state index in [1.807, 2.05) is 97.1 Å².